The van der Waals surface area contributed by atoms with Gasteiger partial charge in [0.1, 0.15) is 19.3 Å². The molecule has 0 bridgehead atoms. The Morgan fingerprint density at radius 1 is 0.800 bits per heavy atom. The lowest BCUT2D eigenvalue weighted by atomic mass is 10.1. The van der Waals surface area contributed by atoms with Gasteiger partial charge in [0.15, 0.2) is 0 Å². The van der Waals surface area contributed by atoms with Crippen LogP contribution in [0.2, 0.25) is 0 Å². The first-order chi connectivity index (χ1) is 14.5. The first kappa shape index (κ1) is 23.2. The van der Waals surface area contributed by atoms with Crippen molar-refractivity contribution in [3.63, 3.8) is 0 Å². The second-order valence-corrected chi connectivity index (χ2v) is 6.75. The molecule has 2 rings (SSSR count). The van der Waals surface area contributed by atoms with Crippen LogP contribution in [0.25, 0.3) is 0 Å². The van der Waals surface area contributed by atoms with Crippen molar-refractivity contribution < 1.29 is 28.8 Å². The Labute approximate surface area is 175 Å². The normalized spacial score (nSPS) is 11.7. The van der Waals surface area contributed by atoms with E-state index in [2.05, 4.69) is 0 Å². The minimum atomic E-state index is -1.05. The summed E-state index contributed by atoms with van der Waals surface area (Å²) in [5, 5.41) is 0. The van der Waals surface area contributed by atoms with Crippen molar-refractivity contribution in [1.29, 1.82) is 0 Å². The van der Waals surface area contributed by atoms with Gasteiger partial charge in [0.2, 0.25) is 0 Å². The quantitative estimate of drug-likeness (QED) is 0.531. The van der Waals surface area contributed by atoms with Gasteiger partial charge in [-0.25, -0.2) is 4.79 Å². The van der Waals surface area contributed by atoms with Crippen molar-refractivity contribution in [2.45, 2.75) is 38.5 Å². The molecule has 8 nitrogen and oxygen atoms in total. The van der Waals surface area contributed by atoms with Crippen molar-refractivity contribution in [2.24, 2.45) is 11.5 Å². The highest BCUT2D eigenvalue weighted by molar-refractivity contribution is 5.90. The van der Waals surface area contributed by atoms with E-state index in [0.717, 1.165) is 11.1 Å². The summed E-state index contributed by atoms with van der Waals surface area (Å²) in [4.78, 5) is 37.2. The molecule has 2 aromatic rings. The molecule has 8 heteroatoms. The number of rotatable bonds is 9. The van der Waals surface area contributed by atoms with E-state index in [1.54, 1.807) is 48.5 Å². The van der Waals surface area contributed by atoms with Gasteiger partial charge in [-0.1, -0.05) is 65.6 Å². The number of hydrogen-bond acceptors (Lipinski definition) is 7. The zero-order chi connectivity index (χ0) is 21.8. The summed E-state index contributed by atoms with van der Waals surface area (Å²) < 4.78 is 10.4. The van der Waals surface area contributed by atoms with Gasteiger partial charge >= 0.3 is 18.1 Å². The molecule has 0 heterocycles. The van der Waals surface area contributed by atoms with Gasteiger partial charge in [-0.3, -0.25) is 0 Å². The van der Waals surface area contributed by atoms with Gasteiger partial charge in [0.25, 0.3) is 0 Å². The highest BCUT2D eigenvalue weighted by Gasteiger charge is 2.42. The molecule has 0 aliphatic carbocycles. The number of amides is 3. The molecule has 0 saturated heterocycles. The molecule has 0 unspecified atom stereocenters. The van der Waals surface area contributed by atoms with Crippen LogP contribution in [-0.4, -0.2) is 30.7 Å². The van der Waals surface area contributed by atoms with E-state index in [4.69, 9.17) is 20.9 Å². The van der Waals surface area contributed by atoms with Crippen molar-refractivity contribution >= 4 is 18.1 Å². The van der Waals surface area contributed by atoms with Crippen molar-refractivity contribution in [1.82, 2.24) is 0 Å². The van der Waals surface area contributed by atoms with E-state index in [1.807, 2.05) is 12.1 Å². The maximum atomic E-state index is 12.7. The first-order valence-electron chi connectivity index (χ1n) is 9.81. The lowest BCUT2D eigenvalue weighted by molar-refractivity contribution is -0.664. The number of unbranched alkanes of at least 4 members (excludes halogenated alkanes) is 1. The molecule has 0 saturated carbocycles. The van der Waals surface area contributed by atoms with E-state index in [9.17, 15) is 14.4 Å². The van der Waals surface area contributed by atoms with Gasteiger partial charge in [0, 0.05) is 0 Å². The smallest absolute Gasteiger partial charge is 0.414 e. The molecule has 0 aliphatic rings. The number of benzene rings is 2. The summed E-state index contributed by atoms with van der Waals surface area (Å²) in [7, 11) is 0. The van der Waals surface area contributed by atoms with Crippen LogP contribution in [0.1, 0.15) is 30.4 Å². The minimum Gasteiger partial charge on any atom is -0.414 e. The second kappa shape index (κ2) is 12.5. The SMILES string of the molecule is NCCCC[C@H](N)C(=O)[NH+](C(=O)OCc1ccccc1)C(=O)OCc1ccccc1. The number of ether oxygens (including phenoxy) is 2. The van der Waals surface area contributed by atoms with Crippen molar-refractivity contribution in [3.8, 4) is 0 Å². The molecular formula is C22H28N3O5+. The van der Waals surface area contributed by atoms with Gasteiger partial charge in [-0.15, -0.1) is 0 Å². The Morgan fingerprint density at radius 2 is 1.27 bits per heavy atom. The number of nitrogens with two attached hydrogens (primary N) is 2. The van der Waals surface area contributed by atoms with Crippen LogP contribution in [0.3, 0.4) is 0 Å². The molecule has 30 heavy (non-hydrogen) atoms. The molecule has 2 aromatic carbocycles. The second-order valence-electron chi connectivity index (χ2n) is 6.75. The van der Waals surface area contributed by atoms with Crippen LogP contribution in [0.4, 0.5) is 9.59 Å². The van der Waals surface area contributed by atoms with E-state index in [1.165, 1.54) is 0 Å². The standard InChI is InChI=1S/C22H27N3O5/c23-14-8-7-13-19(24)20(26)25(21(27)29-15-17-9-3-1-4-10-17)22(28)30-16-18-11-5-2-6-12-18/h1-6,9-12,19H,7-8,13-16,23-24H2/p+1/t19-/m0/s1. The maximum Gasteiger partial charge on any atom is 0.533 e. The van der Waals surface area contributed by atoms with Gasteiger partial charge in [-0.05, 0) is 36.9 Å². The average molecular weight is 414 g/mol. The largest absolute Gasteiger partial charge is 0.533 e. The molecule has 0 fully saturated rings. The zero-order valence-electron chi connectivity index (χ0n) is 16.8. The predicted molar refractivity (Wildman–Crippen MR) is 110 cm³/mol. The molecular weight excluding hydrogens is 386 g/mol. The van der Waals surface area contributed by atoms with Crippen molar-refractivity contribution in [3.05, 3.63) is 71.8 Å². The van der Waals surface area contributed by atoms with Gasteiger partial charge in [0.05, 0.1) is 0 Å². The predicted octanol–water partition coefficient (Wildman–Crippen LogP) is 1.53. The molecule has 3 amide bonds. The lowest BCUT2D eigenvalue weighted by Gasteiger charge is -2.16. The van der Waals surface area contributed by atoms with Crippen LogP contribution in [0.15, 0.2) is 60.7 Å². The Balaban J connectivity index is 2.06. The summed E-state index contributed by atoms with van der Waals surface area (Å²) in [6, 6.07) is 16.9. The molecule has 5 N–H and O–H groups in total. The fraction of sp³-hybridized carbons (Fsp3) is 0.318. The van der Waals surface area contributed by atoms with E-state index < -0.39 is 29.0 Å². The molecule has 1 atom stereocenters. The first-order valence-corrected chi connectivity index (χ1v) is 9.81. The fourth-order valence-electron chi connectivity index (χ4n) is 2.70. The topological polar surface area (TPSA) is 126 Å². The number of hydrogen-bond donors (Lipinski definition) is 3. The Kier molecular flexibility index (Phi) is 9.66. The Bertz CT molecular complexity index is 759. The molecule has 0 aliphatic heterocycles. The van der Waals surface area contributed by atoms with Crippen LogP contribution < -0.4 is 16.4 Å². The third-order valence-electron chi connectivity index (χ3n) is 4.39. The minimum absolute atomic E-state index is 0.0785. The summed E-state index contributed by atoms with van der Waals surface area (Å²) in [5.74, 6) is -0.789. The summed E-state index contributed by atoms with van der Waals surface area (Å²) in [6.45, 7) is 0.311. The summed E-state index contributed by atoms with van der Waals surface area (Å²) >= 11 is 0. The van der Waals surface area contributed by atoms with Gasteiger partial charge < -0.3 is 20.9 Å². The van der Waals surface area contributed by atoms with E-state index >= 15 is 0 Å². The number of carbonyl (C=O) groups is 3. The third-order valence-corrected chi connectivity index (χ3v) is 4.39. The molecule has 0 radical (unpaired) electrons. The van der Waals surface area contributed by atoms with E-state index in [0.29, 0.717) is 25.8 Å². The molecule has 0 spiro atoms. The number of imide groups is 3. The van der Waals surface area contributed by atoms with Crippen molar-refractivity contribution in [2.75, 3.05) is 6.54 Å². The highest BCUT2D eigenvalue weighted by Crippen LogP contribution is 2.02. The number of quaternary nitrogens is 1. The highest BCUT2D eigenvalue weighted by atomic mass is 16.6. The van der Waals surface area contributed by atoms with Crippen LogP contribution in [-0.2, 0) is 27.5 Å². The van der Waals surface area contributed by atoms with Gasteiger partial charge in [-0.2, -0.15) is 9.59 Å². The van der Waals surface area contributed by atoms with Crippen LogP contribution in [0, 0.1) is 0 Å². The molecule has 0 aromatic heterocycles. The Hall–Kier alpha value is -3.07. The third kappa shape index (κ3) is 7.40. The lowest BCUT2D eigenvalue weighted by Crippen LogP contribution is -3.20. The summed E-state index contributed by atoms with van der Waals surface area (Å²) in [6.07, 6.45) is -0.494. The maximum absolute atomic E-state index is 12.7. The fourth-order valence-corrected chi connectivity index (χ4v) is 2.70. The number of nitrogens with one attached hydrogen (secondary N) is 1. The Morgan fingerprint density at radius 3 is 1.70 bits per heavy atom. The van der Waals surface area contributed by atoms with Crippen LogP contribution in [0.5, 0.6) is 0 Å². The molecule has 160 valence electrons. The number of alkyl carbamates (subject to hydrolysis) is 4. The monoisotopic (exact) mass is 414 g/mol. The average Bonchev–Trinajstić information content (AvgIpc) is 2.78. The van der Waals surface area contributed by atoms with E-state index in [-0.39, 0.29) is 13.2 Å². The van der Waals surface area contributed by atoms with Crippen LogP contribution >= 0.6 is 0 Å². The zero-order valence-corrected chi connectivity index (χ0v) is 16.8. The number of carbonyl (C=O) groups excluding carboxylic acids is 3. The summed E-state index contributed by atoms with van der Waals surface area (Å²) in [5.41, 5.74) is 12.8.